The molecule has 1 aromatic heterocycles. The van der Waals surface area contributed by atoms with Crippen LogP contribution in [0.3, 0.4) is 0 Å². The Labute approximate surface area is 141 Å². The molecule has 0 spiro atoms. The summed E-state index contributed by atoms with van der Waals surface area (Å²) in [5, 5.41) is 10.6. The van der Waals surface area contributed by atoms with Crippen molar-refractivity contribution in [2.75, 3.05) is 0 Å². The maximum atomic E-state index is 10.6. The lowest BCUT2D eigenvalue weighted by atomic mass is 10.1. The summed E-state index contributed by atoms with van der Waals surface area (Å²) in [4.78, 5) is 10.6. The number of rotatable bonds is 14. The normalized spacial score (nSPS) is 11.0. The first-order valence-electron chi connectivity index (χ1n) is 9.38. The van der Waals surface area contributed by atoms with Gasteiger partial charge in [0.2, 0.25) is 0 Å². The predicted octanol–water partition coefficient (Wildman–Crippen LogP) is 2.92. The van der Waals surface area contributed by atoms with Crippen molar-refractivity contribution in [3.63, 3.8) is 0 Å². The molecule has 132 valence electrons. The summed E-state index contributed by atoms with van der Waals surface area (Å²) in [6.07, 6.45) is 18.5. The molecule has 1 rings (SSSR count). The zero-order chi connectivity index (χ0) is 16.9. The van der Waals surface area contributed by atoms with Gasteiger partial charge >= 0.3 is 0 Å². The van der Waals surface area contributed by atoms with E-state index in [4.69, 9.17) is 0 Å². The number of unbranched alkanes of at least 4 members (excludes halogenated alkanes) is 9. The fourth-order valence-corrected chi connectivity index (χ4v) is 3.06. The van der Waals surface area contributed by atoms with E-state index < -0.39 is 5.97 Å². The molecule has 0 radical (unpaired) electrons. The van der Waals surface area contributed by atoms with Gasteiger partial charge in [0.15, 0.2) is 0 Å². The van der Waals surface area contributed by atoms with Crippen LogP contribution in [0.2, 0.25) is 0 Å². The molecule has 23 heavy (non-hydrogen) atoms. The second-order valence-corrected chi connectivity index (χ2v) is 6.57. The lowest BCUT2D eigenvalue weighted by Gasteiger charge is -2.05. The highest BCUT2D eigenvalue weighted by molar-refractivity contribution is 5.64. The molecule has 0 fully saturated rings. The van der Waals surface area contributed by atoms with Crippen molar-refractivity contribution < 1.29 is 14.5 Å². The first-order chi connectivity index (χ1) is 11.1. The van der Waals surface area contributed by atoms with Gasteiger partial charge in [-0.2, -0.15) is 0 Å². The van der Waals surface area contributed by atoms with Gasteiger partial charge in [-0.25, -0.2) is 9.13 Å². The Kier molecular flexibility index (Phi) is 10.4. The Morgan fingerprint density at radius 2 is 1.61 bits per heavy atom. The molecule has 0 bridgehead atoms. The van der Waals surface area contributed by atoms with Crippen molar-refractivity contribution in [1.29, 1.82) is 0 Å². The average Bonchev–Trinajstić information content (AvgIpc) is 2.87. The minimum absolute atomic E-state index is 0.0830. The smallest absolute Gasteiger partial charge is 0.256 e. The quantitative estimate of drug-likeness (QED) is 0.390. The average molecular weight is 322 g/mol. The molecular weight excluding hydrogens is 288 g/mol. The summed E-state index contributed by atoms with van der Waals surface area (Å²) < 4.78 is 4.15. The largest absolute Gasteiger partial charge is 0.550 e. The van der Waals surface area contributed by atoms with Crippen molar-refractivity contribution in [1.82, 2.24) is 4.57 Å². The number of hydrogen-bond donors (Lipinski definition) is 0. The van der Waals surface area contributed by atoms with E-state index in [1.807, 2.05) is 24.0 Å². The topological polar surface area (TPSA) is 48.9 Å². The van der Waals surface area contributed by atoms with Crippen LogP contribution in [0, 0.1) is 0 Å². The zero-order valence-electron chi connectivity index (χ0n) is 15.1. The van der Waals surface area contributed by atoms with Crippen LogP contribution < -0.4 is 9.67 Å². The molecule has 4 heteroatoms. The van der Waals surface area contributed by atoms with E-state index in [-0.39, 0.29) is 6.42 Å². The third kappa shape index (κ3) is 8.77. The fourth-order valence-electron chi connectivity index (χ4n) is 3.06. The number of carbonyl (C=O) groups is 1. The summed E-state index contributed by atoms with van der Waals surface area (Å²) >= 11 is 0. The molecule has 0 N–H and O–H groups in total. The molecule has 0 saturated carbocycles. The van der Waals surface area contributed by atoms with Gasteiger partial charge in [-0.3, -0.25) is 0 Å². The van der Waals surface area contributed by atoms with Gasteiger partial charge < -0.3 is 9.90 Å². The number of carboxylic acids is 1. The summed E-state index contributed by atoms with van der Waals surface area (Å²) in [6.45, 7) is 2.77. The molecular formula is C19H34N2O2. The second kappa shape index (κ2) is 12.1. The summed E-state index contributed by atoms with van der Waals surface area (Å²) in [7, 11) is 2.03. The molecule has 0 aromatic carbocycles. The maximum absolute atomic E-state index is 10.6. The molecule has 0 amide bonds. The van der Waals surface area contributed by atoms with Crippen LogP contribution in [-0.4, -0.2) is 10.5 Å². The van der Waals surface area contributed by atoms with Crippen molar-refractivity contribution in [3.8, 4) is 0 Å². The number of carbonyl (C=O) groups excluding carboxylic acids is 1. The van der Waals surface area contributed by atoms with Gasteiger partial charge in [-0.15, -0.1) is 0 Å². The molecule has 4 nitrogen and oxygen atoms in total. The van der Waals surface area contributed by atoms with Crippen molar-refractivity contribution in [3.05, 3.63) is 18.2 Å². The molecule has 1 heterocycles. The molecule has 0 saturated heterocycles. The van der Waals surface area contributed by atoms with Crippen molar-refractivity contribution in [2.24, 2.45) is 7.05 Å². The number of nitrogens with zero attached hydrogens (tertiary/aromatic N) is 2. The highest BCUT2D eigenvalue weighted by atomic mass is 16.4. The third-order valence-corrected chi connectivity index (χ3v) is 4.52. The van der Waals surface area contributed by atoms with E-state index in [1.54, 1.807) is 0 Å². The second-order valence-electron chi connectivity index (χ2n) is 6.57. The third-order valence-electron chi connectivity index (χ3n) is 4.52. The highest BCUT2D eigenvalue weighted by Gasteiger charge is 2.13. The molecule has 0 aliphatic heterocycles. The minimum Gasteiger partial charge on any atom is -0.550 e. The van der Waals surface area contributed by atoms with Gasteiger partial charge in [0, 0.05) is 18.8 Å². The minimum atomic E-state index is -0.980. The van der Waals surface area contributed by atoms with E-state index in [1.165, 1.54) is 70.0 Å². The van der Waals surface area contributed by atoms with E-state index in [0.29, 0.717) is 6.54 Å². The van der Waals surface area contributed by atoms with Crippen LogP contribution >= 0.6 is 0 Å². The summed E-state index contributed by atoms with van der Waals surface area (Å²) in [6, 6.07) is 0. The van der Waals surface area contributed by atoms with Gasteiger partial charge in [-0.1, -0.05) is 64.7 Å². The number of carboxylic acid groups (broad SMARTS) is 1. The molecule has 0 unspecified atom stereocenters. The van der Waals surface area contributed by atoms with Gasteiger partial charge in [-0.05, 0) is 6.42 Å². The number of hydrogen-bond acceptors (Lipinski definition) is 2. The van der Waals surface area contributed by atoms with Crippen LogP contribution in [-0.2, 0) is 24.8 Å². The molecule has 0 aliphatic carbocycles. The monoisotopic (exact) mass is 322 g/mol. The van der Waals surface area contributed by atoms with Gasteiger partial charge in [0.05, 0.1) is 13.6 Å². The number of aromatic nitrogens is 2. The van der Waals surface area contributed by atoms with E-state index >= 15 is 0 Å². The lowest BCUT2D eigenvalue weighted by Crippen LogP contribution is -2.32. The van der Waals surface area contributed by atoms with Gasteiger partial charge in [0.25, 0.3) is 5.82 Å². The van der Waals surface area contributed by atoms with Crippen LogP contribution in [0.1, 0.15) is 83.4 Å². The van der Waals surface area contributed by atoms with Crippen molar-refractivity contribution >= 4 is 5.97 Å². The van der Waals surface area contributed by atoms with Gasteiger partial charge in [0.1, 0.15) is 12.4 Å². The SMILES string of the molecule is CCCCCCCCCCCCc1n(CCC(=O)[O-])cc[n+]1C. The summed E-state index contributed by atoms with van der Waals surface area (Å²) in [5.74, 6) is 0.233. The summed E-state index contributed by atoms with van der Waals surface area (Å²) in [5.41, 5.74) is 0. The predicted molar refractivity (Wildman–Crippen MR) is 90.8 cm³/mol. The Balaban J connectivity index is 2.11. The maximum Gasteiger partial charge on any atom is 0.256 e. The Hall–Kier alpha value is -1.32. The standard InChI is InChI=1S/C19H34N2O2/c1-3-4-5-6-7-8-9-10-11-12-13-18-20(2)16-17-21(18)15-14-19(22)23/h16-17H,3-15H2,1-2H3. The van der Waals surface area contributed by atoms with Crippen LogP contribution in [0.4, 0.5) is 0 Å². The van der Waals surface area contributed by atoms with E-state index in [0.717, 1.165) is 6.42 Å². The zero-order valence-corrected chi connectivity index (χ0v) is 15.1. The Morgan fingerprint density at radius 1 is 1.04 bits per heavy atom. The first-order valence-corrected chi connectivity index (χ1v) is 9.38. The fraction of sp³-hybridized carbons (Fsp3) is 0.789. The van der Waals surface area contributed by atoms with E-state index in [2.05, 4.69) is 11.5 Å². The first kappa shape index (κ1) is 19.7. The number of imidazole rings is 1. The van der Waals surface area contributed by atoms with Crippen LogP contribution in [0.15, 0.2) is 12.4 Å². The van der Waals surface area contributed by atoms with Crippen LogP contribution in [0.5, 0.6) is 0 Å². The molecule has 1 aromatic rings. The Morgan fingerprint density at radius 3 is 2.17 bits per heavy atom. The van der Waals surface area contributed by atoms with Crippen molar-refractivity contribution in [2.45, 2.75) is 90.5 Å². The molecule has 0 atom stereocenters. The number of aryl methyl sites for hydroxylation is 2. The van der Waals surface area contributed by atoms with E-state index in [9.17, 15) is 9.90 Å². The molecule has 0 aliphatic rings. The highest BCUT2D eigenvalue weighted by Crippen LogP contribution is 2.11. The lowest BCUT2D eigenvalue weighted by molar-refractivity contribution is -0.678. The number of aliphatic carboxylic acids is 1. The van der Waals surface area contributed by atoms with Crippen LogP contribution in [0.25, 0.3) is 0 Å². The Bertz CT molecular complexity index is 441.